The van der Waals surface area contributed by atoms with E-state index in [9.17, 15) is 9.90 Å². The highest BCUT2D eigenvalue weighted by Crippen LogP contribution is 2.28. The van der Waals surface area contributed by atoms with Crippen molar-refractivity contribution in [3.05, 3.63) is 22.3 Å². The number of pyridine rings is 1. The molecule has 2 aliphatic heterocycles. The molecule has 3 heterocycles. The number of aliphatic hydroxyl groups excluding tert-OH is 1. The van der Waals surface area contributed by atoms with Crippen molar-refractivity contribution in [3.63, 3.8) is 0 Å². The van der Waals surface area contributed by atoms with Crippen LogP contribution in [-0.4, -0.2) is 84.4 Å². The number of carbonyl (C=O) groups excluding carboxylic acids is 1. The minimum atomic E-state index is -0.268. The molecule has 1 fully saturated rings. The summed E-state index contributed by atoms with van der Waals surface area (Å²) in [6.07, 6.45) is 3.75. The molecule has 1 aromatic heterocycles. The van der Waals surface area contributed by atoms with Gasteiger partial charge >= 0.3 is 0 Å². The summed E-state index contributed by atoms with van der Waals surface area (Å²) in [6.45, 7) is 7.87. The molecular weight excluding hydrogens is 438 g/mol. The van der Waals surface area contributed by atoms with E-state index in [1.807, 2.05) is 6.92 Å². The summed E-state index contributed by atoms with van der Waals surface area (Å²) >= 11 is 3.40. The van der Waals surface area contributed by atoms with Crippen LogP contribution in [0.25, 0.3) is 0 Å². The van der Waals surface area contributed by atoms with Gasteiger partial charge in [0, 0.05) is 49.4 Å². The Morgan fingerprint density at radius 3 is 2.79 bits per heavy atom. The Morgan fingerprint density at radius 1 is 1.38 bits per heavy atom. The lowest BCUT2D eigenvalue weighted by Crippen LogP contribution is -2.50. The van der Waals surface area contributed by atoms with E-state index in [0.717, 1.165) is 43.6 Å². The molecule has 2 aliphatic rings. The number of carbonyl (C=O) groups is 1. The topological polar surface area (TPSA) is 75.1 Å². The molecule has 162 valence electrons. The van der Waals surface area contributed by atoms with Gasteiger partial charge in [0.05, 0.1) is 12.6 Å². The number of fused-ring (bicyclic) bond motifs is 1. The SMILES string of the molecule is C[C@@H]1CN([C@H](C)CO)C(=O)c2cc(Br)cnc2O[C@@H]1CN(C)CC1CCOCC1. The number of nitrogens with zero attached hydrogens (tertiary/aromatic N) is 3. The second kappa shape index (κ2) is 10.2. The highest BCUT2D eigenvalue weighted by Gasteiger charge is 2.34. The second-order valence-corrected chi connectivity index (χ2v) is 9.32. The molecule has 8 heteroatoms. The molecule has 29 heavy (non-hydrogen) atoms. The van der Waals surface area contributed by atoms with Crippen LogP contribution in [0.2, 0.25) is 0 Å². The van der Waals surface area contributed by atoms with Crippen molar-refractivity contribution in [1.29, 1.82) is 0 Å². The number of rotatable bonds is 6. The zero-order valence-electron chi connectivity index (χ0n) is 17.5. The Balaban J connectivity index is 1.80. The smallest absolute Gasteiger partial charge is 0.259 e. The zero-order valence-corrected chi connectivity index (χ0v) is 19.1. The first-order chi connectivity index (χ1) is 13.9. The summed E-state index contributed by atoms with van der Waals surface area (Å²) in [7, 11) is 2.12. The standard InChI is InChI=1S/C21H32BrN3O4/c1-14-10-25(15(2)13-26)21(27)18-8-17(22)9-23-20(18)29-19(14)12-24(3)11-16-4-6-28-7-5-16/h8-9,14-16,19,26H,4-7,10-13H2,1-3H3/t14-,15-,19-/m1/s1. The van der Waals surface area contributed by atoms with Crippen molar-refractivity contribution in [2.24, 2.45) is 11.8 Å². The Bertz CT molecular complexity index is 699. The van der Waals surface area contributed by atoms with E-state index < -0.39 is 0 Å². The van der Waals surface area contributed by atoms with E-state index >= 15 is 0 Å². The predicted molar refractivity (Wildman–Crippen MR) is 114 cm³/mol. The van der Waals surface area contributed by atoms with Gasteiger partial charge in [0.15, 0.2) is 0 Å². The molecule has 0 saturated carbocycles. The summed E-state index contributed by atoms with van der Waals surface area (Å²) in [5.41, 5.74) is 0.434. The van der Waals surface area contributed by atoms with Crippen molar-refractivity contribution in [2.45, 2.75) is 38.8 Å². The lowest BCUT2D eigenvalue weighted by Gasteiger charge is -2.38. The Kier molecular flexibility index (Phi) is 7.90. The van der Waals surface area contributed by atoms with Gasteiger partial charge in [-0.3, -0.25) is 4.79 Å². The fraction of sp³-hybridized carbons (Fsp3) is 0.714. The number of halogens is 1. The fourth-order valence-electron chi connectivity index (χ4n) is 4.05. The molecule has 0 radical (unpaired) electrons. The van der Waals surface area contributed by atoms with Crippen LogP contribution < -0.4 is 4.74 Å². The molecular formula is C21H32BrN3O4. The van der Waals surface area contributed by atoms with E-state index in [1.54, 1.807) is 17.2 Å². The lowest BCUT2D eigenvalue weighted by atomic mass is 9.98. The summed E-state index contributed by atoms with van der Waals surface area (Å²) < 4.78 is 12.5. The van der Waals surface area contributed by atoms with Crippen molar-refractivity contribution >= 4 is 21.8 Å². The molecule has 1 N–H and O–H groups in total. The zero-order chi connectivity index (χ0) is 21.0. The fourth-order valence-corrected chi connectivity index (χ4v) is 4.38. The summed E-state index contributed by atoms with van der Waals surface area (Å²) in [6, 6.07) is 1.48. The minimum Gasteiger partial charge on any atom is -0.472 e. The van der Waals surface area contributed by atoms with E-state index in [4.69, 9.17) is 9.47 Å². The molecule has 0 aliphatic carbocycles. The Labute approximate surface area is 181 Å². The Morgan fingerprint density at radius 2 is 2.10 bits per heavy atom. The molecule has 0 bridgehead atoms. The average molecular weight is 470 g/mol. The third-order valence-corrected chi connectivity index (χ3v) is 6.32. The maximum Gasteiger partial charge on any atom is 0.259 e. The first-order valence-electron chi connectivity index (χ1n) is 10.4. The molecule has 3 atom stereocenters. The Hall–Kier alpha value is -1.22. The van der Waals surface area contributed by atoms with Crippen LogP contribution >= 0.6 is 15.9 Å². The number of likely N-dealkylation sites (N-methyl/N-ethyl adjacent to an activating group) is 1. The van der Waals surface area contributed by atoms with Crippen LogP contribution in [0.1, 0.15) is 37.0 Å². The van der Waals surface area contributed by atoms with Crippen LogP contribution in [0.3, 0.4) is 0 Å². The van der Waals surface area contributed by atoms with Gasteiger partial charge in [0.1, 0.15) is 11.7 Å². The lowest BCUT2D eigenvalue weighted by molar-refractivity contribution is 0.0254. The van der Waals surface area contributed by atoms with Gasteiger partial charge in [0.25, 0.3) is 5.91 Å². The van der Waals surface area contributed by atoms with E-state index in [2.05, 4.69) is 39.8 Å². The maximum atomic E-state index is 13.1. The highest BCUT2D eigenvalue weighted by atomic mass is 79.9. The molecule has 3 rings (SSSR count). The van der Waals surface area contributed by atoms with Gasteiger partial charge in [-0.25, -0.2) is 4.98 Å². The molecule has 0 unspecified atom stereocenters. The molecule has 0 spiro atoms. The third-order valence-electron chi connectivity index (χ3n) is 5.89. The van der Waals surface area contributed by atoms with Gasteiger partial charge in [0.2, 0.25) is 5.88 Å². The van der Waals surface area contributed by atoms with Crippen LogP contribution in [0.5, 0.6) is 5.88 Å². The molecule has 1 saturated heterocycles. The number of hydrogen-bond donors (Lipinski definition) is 1. The van der Waals surface area contributed by atoms with Gasteiger partial charge < -0.3 is 24.4 Å². The van der Waals surface area contributed by atoms with E-state index in [0.29, 0.717) is 23.9 Å². The van der Waals surface area contributed by atoms with Crippen LogP contribution in [0.4, 0.5) is 0 Å². The molecule has 1 aromatic rings. The first kappa shape index (κ1) is 22.5. The van der Waals surface area contributed by atoms with Crippen molar-refractivity contribution in [3.8, 4) is 5.88 Å². The second-order valence-electron chi connectivity index (χ2n) is 8.41. The summed E-state index contributed by atoms with van der Waals surface area (Å²) in [4.78, 5) is 21.6. The number of hydrogen-bond acceptors (Lipinski definition) is 6. The van der Waals surface area contributed by atoms with Gasteiger partial charge in [-0.2, -0.15) is 0 Å². The van der Waals surface area contributed by atoms with Crippen LogP contribution in [-0.2, 0) is 4.74 Å². The normalized spacial score (nSPS) is 24.6. The number of ether oxygens (including phenoxy) is 2. The van der Waals surface area contributed by atoms with E-state index in [1.165, 1.54) is 0 Å². The predicted octanol–water partition coefficient (Wildman–Crippen LogP) is 2.42. The first-order valence-corrected chi connectivity index (χ1v) is 11.2. The monoisotopic (exact) mass is 469 g/mol. The molecule has 0 aromatic carbocycles. The van der Waals surface area contributed by atoms with Gasteiger partial charge in [-0.05, 0) is 54.7 Å². The quantitative estimate of drug-likeness (QED) is 0.689. The van der Waals surface area contributed by atoms with Crippen molar-refractivity contribution < 1.29 is 19.4 Å². The summed E-state index contributed by atoms with van der Waals surface area (Å²) in [5.74, 6) is 0.954. The highest BCUT2D eigenvalue weighted by molar-refractivity contribution is 9.10. The van der Waals surface area contributed by atoms with Crippen LogP contribution in [0, 0.1) is 11.8 Å². The van der Waals surface area contributed by atoms with Gasteiger partial charge in [-0.15, -0.1) is 0 Å². The summed E-state index contributed by atoms with van der Waals surface area (Å²) in [5, 5.41) is 9.68. The number of amides is 1. The molecule has 1 amide bonds. The molecule has 7 nitrogen and oxygen atoms in total. The number of aromatic nitrogens is 1. The third kappa shape index (κ3) is 5.69. The van der Waals surface area contributed by atoms with Crippen molar-refractivity contribution in [1.82, 2.24) is 14.8 Å². The minimum absolute atomic E-state index is 0.0790. The average Bonchev–Trinajstić information content (AvgIpc) is 2.71. The van der Waals surface area contributed by atoms with Crippen LogP contribution in [0.15, 0.2) is 16.7 Å². The maximum absolute atomic E-state index is 13.1. The van der Waals surface area contributed by atoms with Gasteiger partial charge in [-0.1, -0.05) is 6.92 Å². The van der Waals surface area contributed by atoms with E-state index in [-0.39, 0.29) is 30.6 Å². The largest absolute Gasteiger partial charge is 0.472 e. The van der Waals surface area contributed by atoms with Crippen molar-refractivity contribution in [2.75, 3.05) is 46.5 Å². The number of aliphatic hydroxyl groups is 1.